The van der Waals surface area contributed by atoms with Crippen molar-refractivity contribution in [3.63, 3.8) is 0 Å². The fraction of sp³-hybridized carbons (Fsp3) is 0.600. The van der Waals surface area contributed by atoms with E-state index in [2.05, 4.69) is 11.0 Å². The lowest BCUT2D eigenvalue weighted by Crippen LogP contribution is -2.45. The van der Waals surface area contributed by atoms with E-state index in [1.165, 1.54) is 5.56 Å². The summed E-state index contributed by atoms with van der Waals surface area (Å²) in [7, 11) is 0. The lowest BCUT2D eigenvalue weighted by molar-refractivity contribution is 0.0793. The smallest absolute Gasteiger partial charge is 0.0497 e. The predicted octanol–water partition coefficient (Wildman–Crippen LogP) is 2.43. The maximum atomic E-state index is 9.36. The van der Waals surface area contributed by atoms with E-state index in [1.807, 2.05) is 25.1 Å². The average molecular weight is 283 g/mol. The quantitative estimate of drug-likeness (QED) is 0.892. The van der Waals surface area contributed by atoms with Crippen LogP contribution in [0.1, 0.15) is 31.4 Å². The van der Waals surface area contributed by atoms with Crippen LogP contribution < -0.4 is 5.73 Å². The Morgan fingerprint density at radius 3 is 2.95 bits per heavy atom. The van der Waals surface area contributed by atoms with Gasteiger partial charge in [0, 0.05) is 30.3 Å². The number of nitrogens with two attached hydrogens (primary N) is 1. The lowest BCUT2D eigenvalue weighted by atomic mass is 9.92. The van der Waals surface area contributed by atoms with Gasteiger partial charge in [0.05, 0.1) is 0 Å². The number of aliphatic hydroxyl groups is 1. The van der Waals surface area contributed by atoms with E-state index in [-0.39, 0.29) is 18.7 Å². The third-order valence-corrected chi connectivity index (χ3v) is 4.13. The first-order valence-corrected chi connectivity index (χ1v) is 7.35. The Kier molecular flexibility index (Phi) is 5.22. The third-order valence-electron chi connectivity index (χ3n) is 3.89. The highest BCUT2D eigenvalue weighted by Crippen LogP contribution is 2.30. The summed E-state index contributed by atoms with van der Waals surface area (Å²) in [6, 6.07) is 8.15. The molecule has 1 aliphatic rings. The molecule has 1 aromatic carbocycles. The van der Waals surface area contributed by atoms with Crippen LogP contribution in [0.5, 0.6) is 0 Å². The molecule has 0 radical (unpaired) electrons. The number of likely N-dealkylation sites (tertiary alicyclic amines) is 1. The van der Waals surface area contributed by atoms with E-state index in [0.717, 1.165) is 31.0 Å². The molecule has 2 rings (SSSR count). The number of hydrogen-bond donors (Lipinski definition) is 2. The second kappa shape index (κ2) is 6.71. The first kappa shape index (κ1) is 14.8. The van der Waals surface area contributed by atoms with Gasteiger partial charge < -0.3 is 10.8 Å². The van der Waals surface area contributed by atoms with Crippen molar-refractivity contribution in [1.29, 1.82) is 0 Å². The minimum Gasteiger partial charge on any atom is -0.396 e. The third kappa shape index (κ3) is 3.69. The van der Waals surface area contributed by atoms with E-state index in [0.29, 0.717) is 5.92 Å². The van der Waals surface area contributed by atoms with Gasteiger partial charge in [-0.05, 0) is 49.9 Å². The summed E-state index contributed by atoms with van der Waals surface area (Å²) < 4.78 is 0. The first-order valence-electron chi connectivity index (χ1n) is 6.97. The molecule has 1 aliphatic heterocycles. The SMILES string of the molecule is CC(N)C(c1cccc(Cl)c1)N1CCCC(CO)C1. The van der Waals surface area contributed by atoms with Gasteiger partial charge in [-0.15, -0.1) is 0 Å². The molecule has 0 saturated carbocycles. The topological polar surface area (TPSA) is 49.5 Å². The van der Waals surface area contributed by atoms with E-state index < -0.39 is 0 Å². The maximum absolute atomic E-state index is 9.36. The van der Waals surface area contributed by atoms with Crippen LogP contribution in [0.2, 0.25) is 5.02 Å². The van der Waals surface area contributed by atoms with Gasteiger partial charge in [0.15, 0.2) is 0 Å². The molecule has 0 aromatic heterocycles. The molecule has 3 nitrogen and oxygen atoms in total. The Morgan fingerprint density at radius 2 is 2.32 bits per heavy atom. The zero-order valence-electron chi connectivity index (χ0n) is 11.4. The van der Waals surface area contributed by atoms with Crippen molar-refractivity contribution in [3.05, 3.63) is 34.9 Å². The highest BCUT2D eigenvalue weighted by molar-refractivity contribution is 6.30. The highest BCUT2D eigenvalue weighted by Gasteiger charge is 2.28. The van der Waals surface area contributed by atoms with Gasteiger partial charge in [0.25, 0.3) is 0 Å². The molecule has 1 aromatic rings. The van der Waals surface area contributed by atoms with Crippen LogP contribution in [-0.4, -0.2) is 35.7 Å². The Bertz CT molecular complexity index is 411. The standard InChI is InChI=1S/C15H23ClN2O/c1-11(17)15(13-5-2-6-14(16)8-13)18-7-3-4-12(9-18)10-19/h2,5-6,8,11-12,15,19H,3-4,7,9-10,17H2,1H3. The molecule has 3 N–H and O–H groups in total. The number of aliphatic hydroxyl groups excluding tert-OH is 1. The first-order chi connectivity index (χ1) is 9.11. The number of hydrogen-bond acceptors (Lipinski definition) is 3. The predicted molar refractivity (Wildman–Crippen MR) is 79.2 cm³/mol. The average Bonchev–Trinajstić information content (AvgIpc) is 2.39. The van der Waals surface area contributed by atoms with Crippen LogP contribution in [0, 0.1) is 5.92 Å². The van der Waals surface area contributed by atoms with Crippen LogP contribution in [0.25, 0.3) is 0 Å². The molecule has 1 heterocycles. The number of rotatable bonds is 4. The van der Waals surface area contributed by atoms with Crippen molar-refractivity contribution in [2.24, 2.45) is 11.7 Å². The number of piperidine rings is 1. The Labute approximate surface area is 120 Å². The van der Waals surface area contributed by atoms with Gasteiger partial charge >= 0.3 is 0 Å². The zero-order valence-corrected chi connectivity index (χ0v) is 12.2. The largest absolute Gasteiger partial charge is 0.396 e. The van der Waals surface area contributed by atoms with Gasteiger partial charge in [-0.2, -0.15) is 0 Å². The van der Waals surface area contributed by atoms with Crippen molar-refractivity contribution in [3.8, 4) is 0 Å². The summed E-state index contributed by atoms with van der Waals surface area (Å²) in [5.41, 5.74) is 7.36. The summed E-state index contributed by atoms with van der Waals surface area (Å²) in [6.07, 6.45) is 2.23. The van der Waals surface area contributed by atoms with Gasteiger partial charge in [-0.25, -0.2) is 0 Å². The summed E-state index contributed by atoms with van der Waals surface area (Å²) in [5.74, 6) is 0.370. The monoisotopic (exact) mass is 282 g/mol. The molecule has 0 spiro atoms. The van der Waals surface area contributed by atoms with Crippen LogP contribution in [0.3, 0.4) is 0 Å². The second-order valence-corrected chi connectivity index (χ2v) is 5.98. The van der Waals surface area contributed by atoms with E-state index >= 15 is 0 Å². The summed E-state index contributed by atoms with van der Waals surface area (Å²) in [5, 5.41) is 10.1. The molecule has 19 heavy (non-hydrogen) atoms. The van der Waals surface area contributed by atoms with E-state index in [1.54, 1.807) is 0 Å². The number of benzene rings is 1. The normalized spacial score (nSPS) is 24.1. The Balaban J connectivity index is 2.20. The minimum absolute atomic E-state index is 0.0379. The van der Waals surface area contributed by atoms with Gasteiger partial charge in [-0.3, -0.25) is 4.90 Å². The second-order valence-electron chi connectivity index (χ2n) is 5.54. The van der Waals surface area contributed by atoms with Crippen molar-refractivity contribution in [2.75, 3.05) is 19.7 Å². The minimum atomic E-state index is 0.0379. The summed E-state index contributed by atoms with van der Waals surface area (Å²) >= 11 is 6.09. The molecule has 106 valence electrons. The number of halogens is 1. The van der Waals surface area contributed by atoms with Crippen LogP contribution >= 0.6 is 11.6 Å². The van der Waals surface area contributed by atoms with E-state index in [4.69, 9.17) is 17.3 Å². The van der Waals surface area contributed by atoms with Gasteiger partial charge in [0.2, 0.25) is 0 Å². The molecule has 0 aliphatic carbocycles. The molecule has 3 unspecified atom stereocenters. The van der Waals surface area contributed by atoms with Crippen molar-refractivity contribution < 1.29 is 5.11 Å². The van der Waals surface area contributed by atoms with Crippen LogP contribution in [0.4, 0.5) is 0 Å². The van der Waals surface area contributed by atoms with Gasteiger partial charge in [-0.1, -0.05) is 23.7 Å². The molecule has 1 fully saturated rings. The highest BCUT2D eigenvalue weighted by atomic mass is 35.5. The molecule has 3 atom stereocenters. The van der Waals surface area contributed by atoms with Crippen LogP contribution in [0.15, 0.2) is 24.3 Å². The summed E-state index contributed by atoms with van der Waals surface area (Å²) in [4.78, 5) is 2.39. The molecule has 4 heteroatoms. The van der Waals surface area contributed by atoms with Gasteiger partial charge in [0.1, 0.15) is 0 Å². The fourth-order valence-electron chi connectivity index (χ4n) is 3.04. The molecule has 0 bridgehead atoms. The maximum Gasteiger partial charge on any atom is 0.0497 e. The Hall–Kier alpha value is -0.610. The molecule has 0 amide bonds. The fourth-order valence-corrected chi connectivity index (χ4v) is 3.24. The van der Waals surface area contributed by atoms with Crippen LogP contribution in [-0.2, 0) is 0 Å². The zero-order chi connectivity index (χ0) is 13.8. The van der Waals surface area contributed by atoms with Crippen molar-refractivity contribution >= 4 is 11.6 Å². The molecular weight excluding hydrogens is 260 g/mol. The molecular formula is C15H23ClN2O. The van der Waals surface area contributed by atoms with Crippen molar-refractivity contribution in [2.45, 2.75) is 31.8 Å². The van der Waals surface area contributed by atoms with Crippen molar-refractivity contribution in [1.82, 2.24) is 4.90 Å². The molecule has 1 saturated heterocycles. The van der Waals surface area contributed by atoms with E-state index in [9.17, 15) is 5.11 Å². The number of nitrogens with zero attached hydrogens (tertiary/aromatic N) is 1. The summed E-state index contributed by atoms with van der Waals surface area (Å²) in [6.45, 7) is 4.25. The lowest BCUT2D eigenvalue weighted by Gasteiger charge is -2.40. The Morgan fingerprint density at radius 1 is 1.53 bits per heavy atom.